The van der Waals surface area contributed by atoms with Crippen LogP contribution in [-0.2, 0) is 16.1 Å². The van der Waals surface area contributed by atoms with Gasteiger partial charge in [0, 0.05) is 31.1 Å². The van der Waals surface area contributed by atoms with Gasteiger partial charge in [-0.15, -0.1) is 0 Å². The molecule has 0 saturated carbocycles. The van der Waals surface area contributed by atoms with Crippen molar-refractivity contribution in [1.29, 1.82) is 0 Å². The van der Waals surface area contributed by atoms with Gasteiger partial charge in [0.2, 0.25) is 5.91 Å². The second kappa shape index (κ2) is 7.25. The molecule has 5 heteroatoms. The van der Waals surface area contributed by atoms with Crippen LogP contribution in [0.25, 0.3) is 0 Å². The van der Waals surface area contributed by atoms with Crippen LogP contribution in [0.3, 0.4) is 0 Å². The minimum atomic E-state index is -0.437. The topological polar surface area (TPSA) is 59.5 Å². The number of aromatic nitrogens is 1. The van der Waals surface area contributed by atoms with Crippen molar-refractivity contribution in [3.8, 4) is 0 Å². The Bertz CT molecular complexity index is 730. The fourth-order valence-corrected chi connectivity index (χ4v) is 2.85. The number of carbonyl (C=O) groups excluding carboxylic acids is 2. The first kappa shape index (κ1) is 16.2. The maximum absolute atomic E-state index is 12.1. The van der Waals surface area contributed by atoms with Gasteiger partial charge in [-0.3, -0.25) is 4.79 Å². The lowest BCUT2D eigenvalue weighted by molar-refractivity contribution is -0.128. The first-order valence-electron chi connectivity index (χ1n) is 8.04. The Morgan fingerprint density at radius 1 is 1.21 bits per heavy atom. The number of ether oxygens (including phenoxy) is 1. The van der Waals surface area contributed by atoms with Gasteiger partial charge in [0.25, 0.3) is 0 Å². The van der Waals surface area contributed by atoms with E-state index in [1.165, 1.54) is 0 Å². The van der Waals surface area contributed by atoms with Crippen LogP contribution >= 0.6 is 0 Å². The van der Waals surface area contributed by atoms with E-state index >= 15 is 0 Å². The molecule has 2 heterocycles. The van der Waals surface area contributed by atoms with E-state index in [4.69, 9.17) is 4.74 Å². The van der Waals surface area contributed by atoms with Crippen LogP contribution in [0.5, 0.6) is 0 Å². The number of benzene rings is 1. The molecular weight excluding hydrogens is 304 g/mol. The molecular formula is C19H20N2O3. The van der Waals surface area contributed by atoms with E-state index in [0.29, 0.717) is 25.2 Å². The van der Waals surface area contributed by atoms with E-state index in [-0.39, 0.29) is 18.4 Å². The zero-order valence-corrected chi connectivity index (χ0v) is 13.6. The molecule has 2 aromatic rings. The van der Waals surface area contributed by atoms with Gasteiger partial charge in [0.05, 0.1) is 6.61 Å². The third kappa shape index (κ3) is 3.98. The summed E-state index contributed by atoms with van der Waals surface area (Å²) >= 11 is 0. The van der Waals surface area contributed by atoms with Crippen LogP contribution in [0.2, 0.25) is 0 Å². The minimum absolute atomic E-state index is 0.0370. The number of nitrogens with zero attached hydrogens (tertiary/aromatic N) is 2. The average Bonchev–Trinajstić information content (AvgIpc) is 2.93. The van der Waals surface area contributed by atoms with Gasteiger partial charge in [-0.25, -0.2) is 9.78 Å². The van der Waals surface area contributed by atoms with Crippen molar-refractivity contribution in [2.24, 2.45) is 5.92 Å². The number of esters is 1. The number of pyridine rings is 1. The number of likely N-dealkylation sites (tertiary alicyclic amines) is 1. The predicted molar refractivity (Wildman–Crippen MR) is 89.2 cm³/mol. The number of carbonyl (C=O) groups is 2. The highest BCUT2D eigenvalue weighted by atomic mass is 16.5. The molecule has 1 fully saturated rings. The fourth-order valence-electron chi connectivity index (χ4n) is 2.85. The Morgan fingerprint density at radius 2 is 2.00 bits per heavy atom. The molecule has 1 aromatic carbocycles. The van der Waals surface area contributed by atoms with E-state index in [1.54, 1.807) is 12.1 Å². The Kier molecular flexibility index (Phi) is 4.89. The third-order valence-electron chi connectivity index (χ3n) is 4.06. The highest BCUT2D eigenvalue weighted by Crippen LogP contribution is 2.20. The number of hydrogen-bond donors (Lipinski definition) is 0. The number of amides is 1. The molecule has 1 amide bonds. The lowest BCUT2D eigenvalue weighted by atomic mass is 10.1. The summed E-state index contributed by atoms with van der Waals surface area (Å²) in [4.78, 5) is 30.1. The highest BCUT2D eigenvalue weighted by Gasteiger charge is 2.30. The van der Waals surface area contributed by atoms with Gasteiger partial charge in [-0.2, -0.15) is 0 Å². The summed E-state index contributed by atoms with van der Waals surface area (Å²) in [6.45, 7) is 3.28. The lowest BCUT2D eigenvalue weighted by Crippen LogP contribution is -2.25. The monoisotopic (exact) mass is 324 g/mol. The average molecular weight is 324 g/mol. The quantitative estimate of drug-likeness (QED) is 0.793. The van der Waals surface area contributed by atoms with Gasteiger partial charge >= 0.3 is 5.97 Å². The van der Waals surface area contributed by atoms with Gasteiger partial charge in [-0.1, -0.05) is 36.4 Å². The molecule has 0 radical (unpaired) electrons. The predicted octanol–water partition coefficient (Wildman–Crippen LogP) is 2.60. The van der Waals surface area contributed by atoms with E-state index < -0.39 is 5.97 Å². The molecule has 0 aliphatic carbocycles. The zero-order valence-electron chi connectivity index (χ0n) is 13.6. The van der Waals surface area contributed by atoms with Crippen molar-refractivity contribution >= 4 is 11.9 Å². The maximum atomic E-state index is 12.1. The first-order valence-corrected chi connectivity index (χ1v) is 8.04. The van der Waals surface area contributed by atoms with Crippen LogP contribution in [0.15, 0.2) is 48.5 Å². The van der Waals surface area contributed by atoms with Gasteiger partial charge in [0.15, 0.2) is 0 Å². The standard InChI is InChI=1S/C19H20N2O3/c1-14-6-5-9-17(20-14)19(23)24-13-16-10-18(22)21(12-16)11-15-7-3-2-4-8-15/h2-9,16H,10-13H2,1H3. The molecule has 124 valence electrons. The van der Waals surface area contributed by atoms with Crippen molar-refractivity contribution < 1.29 is 14.3 Å². The number of rotatable bonds is 5. The maximum Gasteiger partial charge on any atom is 0.356 e. The van der Waals surface area contributed by atoms with Crippen LogP contribution in [-0.4, -0.2) is 34.9 Å². The molecule has 1 aliphatic heterocycles. The zero-order chi connectivity index (χ0) is 16.9. The molecule has 3 rings (SSSR count). The van der Waals surface area contributed by atoms with Gasteiger partial charge in [-0.05, 0) is 24.6 Å². The van der Waals surface area contributed by atoms with Crippen LogP contribution < -0.4 is 0 Å². The van der Waals surface area contributed by atoms with Crippen molar-refractivity contribution in [2.45, 2.75) is 19.9 Å². The van der Waals surface area contributed by atoms with Crippen molar-refractivity contribution in [1.82, 2.24) is 9.88 Å². The Balaban J connectivity index is 1.52. The Labute approximate surface area is 141 Å². The van der Waals surface area contributed by atoms with E-state index in [2.05, 4.69) is 4.98 Å². The lowest BCUT2D eigenvalue weighted by Gasteiger charge is -2.16. The van der Waals surface area contributed by atoms with Gasteiger partial charge in [0.1, 0.15) is 5.69 Å². The normalized spacial score (nSPS) is 17.1. The third-order valence-corrected chi connectivity index (χ3v) is 4.06. The summed E-state index contributed by atoms with van der Waals surface area (Å²) in [5, 5.41) is 0. The van der Waals surface area contributed by atoms with Crippen molar-refractivity contribution in [2.75, 3.05) is 13.2 Å². The summed E-state index contributed by atoms with van der Waals surface area (Å²) in [7, 11) is 0. The SMILES string of the molecule is Cc1cccc(C(=O)OCC2CC(=O)N(Cc3ccccc3)C2)n1. The Morgan fingerprint density at radius 3 is 2.75 bits per heavy atom. The van der Waals surface area contributed by atoms with Gasteiger partial charge < -0.3 is 9.64 Å². The molecule has 24 heavy (non-hydrogen) atoms. The molecule has 1 unspecified atom stereocenters. The molecule has 5 nitrogen and oxygen atoms in total. The van der Waals surface area contributed by atoms with Crippen molar-refractivity contribution in [3.63, 3.8) is 0 Å². The fraction of sp³-hybridized carbons (Fsp3) is 0.316. The Hall–Kier alpha value is -2.69. The highest BCUT2D eigenvalue weighted by molar-refractivity contribution is 5.87. The summed E-state index contributed by atoms with van der Waals surface area (Å²) in [6, 6.07) is 15.1. The smallest absolute Gasteiger partial charge is 0.356 e. The van der Waals surface area contributed by atoms with E-state index in [1.807, 2.05) is 48.2 Å². The van der Waals surface area contributed by atoms with Crippen molar-refractivity contribution in [3.05, 3.63) is 65.5 Å². The molecule has 1 atom stereocenters. The number of aryl methyl sites for hydroxylation is 1. The minimum Gasteiger partial charge on any atom is -0.461 e. The molecule has 0 spiro atoms. The molecule has 1 aliphatic rings. The molecule has 1 saturated heterocycles. The molecule has 1 aromatic heterocycles. The summed E-state index contributed by atoms with van der Waals surface area (Å²) in [5.41, 5.74) is 2.18. The molecule has 0 N–H and O–H groups in total. The summed E-state index contributed by atoms with van der Waals surface area (Å²) in [5.74, 6) is -0.295. The van der Waals surface area contributed by atoms with Crippen LogP contribution in [0.1, 0.15) is 28.2 Å². The van der Waals surface area contributed by atoms with E-state index in [0.717, 1.165) is 11.3 Å². The van der Waals surface area contributed by atoms with E-state index in [9.17, 15) is 9.59 Å². The molecule has 0 bridgehead atoms. The summed E-state index contributed by atoms with van der Waals surface area (Å²) < 4.78 is 5.33. The van der Waals surface area contributed by atoms with Crippen LogP contribution in [0.4, 0.5) is 0 Å². The van der Waals surface area contributed by atoms with Crippen LogP contribution in [0, 0.1) is 12.8 Å². The first-order chi connectivity index (χ1) is 11.6. The second-order valence-electron chi connectivity index (χ2n) is 6.09. The second-order valence-corrected chi connectivity index (χ2v) is 6.09. The number of hydrogen-bond acceptors (Lipinski definition) is 4. The summed E-state index contributed by atoms with van der Waals surface area (Å²) in [6.07, 6.45) is 0.418. The largest absolute Gasteiger partial charge is 0.461 e.